The smallest absolute Gasteiger partial charge is 0.152 e. The van der Waals surface area contributed by atoms with Crippen molar-refractivity contribution in [1.82, 2.24) is 15.0 Å². The van der Waals surface area contributed by atoms with Gasteiger partial charge in [-0.3, -0.25) is 9.78 Å². The van der Waals surface area contributed by atoms with E-state index in [9.17, 15) is 4.79 Å². The summed E-state index contributed by atoms with van der Waals surface area (Å²) in [5, 5.41) is 11.8. The summed E-state index contributed by atoms with van der Waals surface area (Å²) in [6, 6.07) is 17.1. The molecular formula is C24H23ClN4O3. The summed E-state index contributed by atoms with van der Waals surface area (Å²) in [5.74, 6) is 1.33. The van der Waals surface area contributed by atoms with E-state index >= 15 is 0 Å². The third-order valence-electron chi connectivity index (χ3n) is 5.55. The lowest BCUT2D eigenvalue weighted by Gasteiger charge is -2.26. The minimum Gasteiger partial charge on any atom is -0.456 e. The molecule has 164 valence electrons. The molecule has 1 unspecified atom stereocenters. The number of halogens is 1. The highest BCUT2D eigenvalue weighted by Crippen LogP contribution is 2.44. The number of ether oxygens (including phenoxy) is 1. The Morgan fingerprint density at radius 2 is 1.91 bits per heavy atom. The lowest BCUT2D eigenvalue weighted by molar-refractivity contribution is 0.112. The zero-order valence-electron chi connectivity index (χ0n) is 17.9. The van der Waals surface area contributed by atoms with Crippen molar-refractivity contribution in [2.45, 2.75) is 6.04 Å². The predicted octanol–water partition coefficient (Wildman–Crippen LogP) is 4.82. The molecule has 0 bridgehead atoms. The van der Waals surface area contributed by atoms with Gasteiger partial charge < -0.3 is 19.8 Å². The van der Waals surface area contributed by atoms with Crippen LogP contribution in [0.15, 0.2) is 60.8 Å². The number of aliphatic hydroxyl groups is 1. The highest BCUT2D eigenvalue weighted by Gasteiger charge is 2.34. The Balaban J connectivity index is 0.00000119. The highest BCUT2D eigenvalue weighted by atomic mass is 35.5. The Labute approximate surface area is 190 Å². The van der Waals surface area contributed by atoms with Crippen LogP contribution in [-0.2, 0) is 0 Å². The summed E-state index contributed by atoms with van der Waals surface area (Å²) in [4.78, 5) is 19.2. The number of rotatable bonds is 4. The lowest BCUT2D eigenvalue weighted by atomic mass is 10.0. The summed E-state index contributed by atoms with van der Waals surface area (Å²) in [6.07, 6.45) is 2.50. The topological polar surface area (TPSA) is 81.7 Å². The van der Waals surface area contributed by atoms with Crippen LogP contribution >= 0.6 is 11.6 Å². The van der Waals surface area contributed by atoms with Gasteiger partial charge in [-0.1, -0.05) is 29.8 Å². The van der Waals surface area contributed by atoms with Crippen molar-refractivity contribution in [3.63, 3.8) is 0 Å². The average Bonchev–Trinajstić information content (AvgIpc) is 3.35. The van der Waals surface area contributed by atoms with Crippen molar-refractivity contribution >= 4 is 34.6 Å². The molecule has 7 nitrogen and oxygen atoms in total. The maximum Gasteiger partial charge on any atom is 0.152 e. The monoisotopic (exact) mass is 450 g/mol. The van der Waals surface area contributed by atoms with E-state index in [0.29, 0.717) is 22.1 Å². The molecular weight excluding hydrogens is 428 g/mol. The Morgan fingerprint density at radius 3 is 2.66 bits per heavy atom. The molecule has 1 atom stereocenters. The van der Waals surface area contributed by atoms with Crippen LogP contribution in [-0.4, -0.2) is 47.6 Å². The van der Waals surface area contributed by atoms with Crippen molar-refractivity contribution in [3.8, 4) is 11.5 Å². The largest absolute Gasteiger partial charge is 0.456 e. The van der Waals surface area contributed by atoms with Gasteiger partial charge in [0.1, 0.15) is 11.5 Å². The number of benzene rings is 2. The van der Waals surface area contributed by atoms with Crippen molar-refractivity contribution in [2.24, 2.45) is 0 Å². The Hall–Kier alpha value is -3.39. The van der Waals surface area contributed by atoms with E-state index in [4.69, 9.17) is 21.4 Å². The van der Waals surface area contributed by atoms with Gasteiger partial charge in [0, 0.05) is 50.3 Å². The van der Waals surface area contributed by atoms with Gasteiger partial charge in [0.15, 0.2) is 6.29 Å². The number of aromatic nitrogens is 2. The number of para-hydroxylation sites is 1. The van der Waals surface area contributed by atoms with Crippen molar-refractivity contribution in [3.05, 3.63) is 82.6 Å². The third kappa shape index (κ3) is 3.71. The van der Waals surface area contributed by atoms with Crippen LogP contribution in [0.1, 0.15) is 27.7 Å². The van der Waals surface area contributed by atoms with Gasteiger partial charge in [-0.2, -0.15) is 0 Å². The molecule has 2 aromatic heterocycles. The molecule has 8 heteroatoms. The number of aromatic amines is 1. The Bertz CT molecular complexity index is 1270. The molecule has 4 aromatic rings. The number of pyridine rings is 1. The minimum atomic E-state index is -0.0342. The van der Waals surface area contributed by atoms with Crippen LogP contribution in [0.4, 0.5) is 5.69 Å². The quantitative estimate of drug-likeness (QED) is 0.434. The van der Waals surface area contributed by atoms with Gasteiger partial charge in [-0.25, -0.2) is 5.01 Å². The van der Waals surface area contributed by atoms with Gasteiger partial charge >= 0.3 is 0 Å². The van der Waals surface area contributed by atoms with Crippen LogP contribution in [0.25, 0.3) is 11.0 Å². The first-order valence-electron chi connectivity index (χ1n) is 9.97. The summed E-state index contributed by atoms with van der Waals surface area (Å²) < 4.78 is 6.00. The molecule has 2 aromatic carbocycles. The molecule has 1 aliphatic rings. The summed E-state index contributed by atoms with van der Waals surface area (Å²) in [5.41, 5.74) is 5.27. The van der Waals surface area contributed by atoms with Gasteiger partial charge in [0.2, 0.25) is 0 Å². The van der Waals surface area contributed by atoms with Crippen molar-refractivity contribution in [1.29, 1.82) is 0 Å². The average molecular weight is 451 g/mol. The molecule has 0 saturated heterocycles. The van der Waals surface area contributed by atoms with Gasteiger partial charge in [-0.15, -0.1) is 0 Å². The molecule has 5 rings (SSSR count). The highest BCUT2D eigenvalue weighted by molar-refractivity contribution is 6.32. The molecule has 0 fully saturated rings. The molecule has 0 spiro atoms. The summed E-state index contributed by atoms with van der Waals surface area (Å²) in [7, 11) is 5.04. The van der Waals surface area contributed by atoms with Gasteiger partial charge in [-0.05, 0) is 30.3 Å². The second-order valence-electron chi connectivity index (χ2n) is 7.26. The molecule has 2 N–H and O–H groups in total. The molecule has 1 aliphatic heterocycles. The van der Waals surface area contributed by atoms with Crippen LogP contribution in [0.2, 0.25) is 5.02 Å². The first-order chi connectivity index (χ1) is 15.6. The first kappa shape index (κ1) is 21.8. The third-order valence-corrected chi connectivity index (χ3v) is 5.86. The van der Waals surface area contributed by atoms with Crippen molar-refractivity contribution in [2.75, 3.05) is 26.2 Å². The fraction of sp³-hybridized carbons (Fsp3) is 0.167. The number of anilines is 1. The predicted molar refractivity (Wildman–Crippen MR) is 126 cm³/mol. The van der Waals surface area contributed by atoms with E-state index in [1.165, 1.54) is 0 Å². The van der Waals surface area contributed by atoms with Crippen LogP contribution < -0.4 is 9.75 Å². The van der Waals surface area contributed by atoms with E-state index in [0.717, 1.165) is 41.4 Å². The first-order valence-corrected chi connectivity index (χ1v) is 10.3. The zero-order chi connectivity index (χ0) is 22.8. The summed E-state index contributed by atoms with van der Waals surface area (Å²) >= 11 is 6.23. The van der Waals surface area contributed by atoms with Crippen LogP contribution in [0.5, 0.6) is 11.5 Å². The number of fused-ring (bicyclic) bond motifs is 2. The number of nitrogens with zero attached hydrogens (tertiary/aromatic N) is 3. The van der Waals surface area contributed by atoms with Crippen molar-refractivity contribution < 1.29 is 14.6 Å². The van der Waals surface area contributed by atoms with Gasteiger partial charge in [0.05, 0.1) is 27.8 Å². The standard InChI is InChI=1S/C23H19ClN4O2.CH4O/c1-27-20-11-15(30-21-6-4-3-5-17(21)24)7-8-16(20)23(28(27)2)19-12-18-22(26-19)14(13-29)9-10-25-18;1-2/h3-13,23,26H,1-2H3;2H,1H3. The lowest BCUT2D eigenvalue weighted by Crippen LogP contribution is -2.33. The number of aliphatic hydroxyl groups excluding tert-OH is 1. The molecule has 0 aliphatic carbocycles. The second-order valence-corrected chi connectivity index (χ2v) is 7.66. The molecule has 0 amide bonds. The summed E-state index contributed by atoms with van der Waals surface area (Å²) in [6.45, 7) is 0. The normalized spacial score (nSPS) is 15.3. The number of carbonyl (C=O) groups excluding carboxylic acids is 1. The van der Waals surface area contributed by atoms with Crippen LogP contribution in [0, 0.1) is 0 Å². The number of H-pyrrole nitrogens is 1. The van der Waals surface area contributed by atoms with E-state index < -0.39 is 0 Å². The van der Waals surface area contributed by atoms with E-state index in [2.05, 4.69) is 26.1 Å². The second kappa shape index (κ2) is 9.00. The maximum atomic E-state index is 11.4. The van der Waals surface area contributed by atoms with E-state index in [-0.39, 0.29) is 6.04 Å². The number of nitrogens with one attached hydrogen (secondary N) is 1. The SMILES string of the molecule is CN1c2cc(Oc3ccccc3Cl)ccc2C(c2cc3nccc(C=O)c3[nH]2)N1C.CO. The van der Waals surface area contributed by atoms with Gasteiger partial charge in [0.25, 0.3) is 0 Å². The molecule has 0 radical (unpaired) electrons. The fourth-order valence-corrected chi connectivity index (χ4v) is 4.15. The molecule has 3 heterocycles. The number of hydrogen-bond acceptors (Lipinski definition) is 6. The zero-order valence-corrected chi connectivity index (χ0v) is 18.7. The van der Waals surface area contributed by atoms with E-state index in [1.807, 2.05) is 50.5 Å². The minimum absolute atomic E-state index is 0.0342. The fourth-order valence-electron chi connectivity index (χ4n) is 3.98. The number of carbonyl (C=O) groups is 1. The number of aldehydes is 1. The number of hydrogen-bond donors (Lipinski definition) is 2. The molecule has 32 heavy (non-hydrogen) atoms. The number of hydrazine groups is 1. The molecule has 0 saturated carbocycles. The maximum absolute atomic E-state index is 11.4. The van der Waals surface area contributed by atoms with E-state index in [1.54, 1.807) is 18.3 Å². The van der Waals surface area contributed by atoms with Crippen LogP contribution in [0.3, 0.4) is 0 Å². The Kier molecular flexibility index (Phi) is 6.14. The Morgan fingerprint density at radius 1 is 1.12 bits per heavy atom.